The number of hydrogen-bond acceptors (Lipinski definition) is 2. The molecule has 0 aliphatic rings. The van der Waals surface area contributed by atoms with Crippen LogP contribution in [0.1, 0.15) is 24.5 Å². The summed E-state index contributed by atoms with van der Waals surface area (Å²) in [4.78, 5) is 10.9. The number of amides is 1. The Morgan fingerprint density at radius 1 is 1.44 bits per heavy atom. The van der Waals surface area contributed by atoms with Crippen LogP contribution in [-0.4, -0.2) is 11.9 Å². The maximum Gasteiger partial charge on any atom is 0.234 e. The molecule has 0 saturated carbocycles. The fourth-order valence-corrected chi connectivity index (χ4v) is 1.65. The van der Waals surface area contributed by atoms with Gasteiger partial charge in [0.25, 0.3) is 0 Å². The van der Waals surface area contributed by atoms with E-state index in [0.29, 0.717) is 6.42 Å². The lowest BCUT2D eigenvalue weighted by Crippen LogP contribution is -2.36. The zero-order valence-electron chi connectivity index (χ0n) is 9.73. The van der Waals surface area contributed by atoms with Gasteiger partial charge < -0.3 is 11.5 Å². The number of primary amides is 1. The minimum absolute atomic E-state index is 0.465. The number of benzene rings is 1. The summed E-state index contributed by atoms with van der Waals surface area (Å²) in [5, 5.41) is 0. The van der Waals surface area contributed by atoms with Gasteiger partial charge in [-0.25, -0.2) is 0 Å². The van der Waals surface area contributed by atoms with Crippen molar-refractivity contribution in [1.29, 1.82) is 0 Å². The first-order valence-corrected chi connectivity index (χ1v) is 5.32. The molecule has 3 heteroatoms. The molecular formula is C13H18N2O. The van der Waals surface area contributed by atoms with Crippen LogP contribution in [0.5, 0.6) is 0 Å². The van der Waals surface area contributed by atoms with E-state index >= 15 is 0 Å². The molecule has 16 heavy (non-hydrogen) atoms. The Balaban J connectivity index is 2.93. The Kier molecular flexibility index (Phi) is 4.26. The molecule has 1 atom stereocenters. The van der Waals surface area contributed by atoms with Crippen LogP contribution in [0.25, 0.3) is 5.57 Å². The average molecular weight is 218 g/mol. The van der Waals surface area contributed by atoms with Gasteiger partial charge in [-0.1, -0.05) is 30.3 Å². The van der Waals surface area contributed by atoms with Crippen LogP contribution >= 0.6 is 0 Å². The Labute approximate surface area is 96.1 Å². The van der Waals surface area contributed by atoms with Gasteiger partial charge in [0.1, 0.15) is 0 Å². The number of aryl methyl sites for hydroxylation is 1. The van der Waals surface area contributed by atoms with E-state index in [1.807, 2.05) is 44.2 Å². The van der Waals surface area contributed by atoms with Crippen molar-refractivity contribution in [2.45, 2.75) is 26.3 Å². The Morgan fingerprint density at radius 2 is 2.06 bits per heavy atom. The zero-order chi connectivity index (χ0) is 12.1. The first-order chi connectivity index (χ1) is 7.56. The van der Waals surface area contributed by atoms with Gasteiger partial charge in [-0.05, 0) is 37.0 Å². The molecule has 0 radical (unpaired) electrons. The summed E-state index contributed by atoms with van der Waals surface area (Å²) >= 11 is 0. The highest BCUT2D eigenvalue weighted by Crippen LogP contribution is 2.22. The van der Waals surface area contributed by atoms with Crippen LogP contribution in [0, 0.1) is 6.92 Å². The second-order valence-corrected chi connectivity index (χ2v) is 3.84. The number of rotatable bonds is 4. The Bertz CT molecular complexity index is 410. The summed E-state index contributed by atoms with van der Waals surface area (Å²) in [5.41, 5.74) is 14.2. The monoisotopic (exact) mass is 218 g/mol. The second-order valence-electron chi connectivity index (χ2n) is 3.84. The largest absolute Gasteiger partial charge is 0.368 e. The summed E-state index contributed by atoms with van der Waals surface area (Å²) in [6, 6.07) is 7.40. The number of nitrogens with two attached hydrogens (primary N) is 2. The molecular weight excluding hydrogens is 200 g/mol. The van der Waals surface area contributed by atoms with E-state index in [-0.39, 0.29) is 0 Å². The van der Waals surface area contributed by atoms with Crippen LogP contribution in [0.15, 0.2) is 30.3 Å². The third-order valence-corrected chi connectivity index (χ3v) is 2.64. The molecule has 0 saturated heterocycles. The minimum Gasteiger partial charge on any atom is -0.368 e. The van der Waals surface area contributed by atoms with Crippen molar-refractivity contribution in [1.82, 2.24) is 0 Å². The van der Waals surface area contributed by atoms with Crippen molar-refractivity contribution in [2.75, 3.05) is 0 Å². The number of carbonyl (C=O) groups excluding carboxylic acids is 1. The number of carbonyl (C=O) groups is 1. The topological polar surface area (TPSA) is 69.1 Å². The number of allylic oxidation sites excluding steroid dienone is 1. The minimum atomic E-state index is -0.620. The molecule has 0 bridgehead atoms. The van der Waals surface area contributed by atoms with E-state index in [0.717, 1.165) is 11.1 Å². The lowest BCUT2D eigenvalue weighted by atomic mass is 9.95. The SMILES string of the molecule is CC=C(CC(N)C(N)=O)c1ccccc1C. The molecule has 4 N–H and O–H groups in total. The van der Waals surface area contributed by atoms with Crippen molar-refractivity contribution < 1.29 is 4.79 Å². The van der Waals surface area contributed by atoms with E-state index < -0.39 is 11.9 Å². The molecule has 0 aliphatic heterocycles. The van der Waals surface area contributed by atoms with E-state index in [1.165, 1.54) is 5.56 Å². The predicted molar refractivity (Wildman–Crippen MR) is 66.6 cm³/mol. The van der Waals surface area contributed by atoms with Crippen LogP contribution < -0.4 is 11.5 Å². The zero-order valence-corrected chi connectivity index (χ0v) is 9.73. The van der Waals surface area contributed by atoms with Gasteiger partial charge in [0.05, 0.1) is 6.04 Å². The third-order valence-electron chi connectivity index (χ3n) is 2.64. The molecule has 0 fully saturated rings. The van der Waals surface area contributed by atoms with Crippen molar-refractivity contribution in [2.24, 2.45) is 11.5 Å². The first kappa shape index (κ1) is 12.5. The summed E-state index contributed by atoms with van der Waals surface area (Å²) in [6.07, 6.45) is 2.46. The normalized spacial score (nSPS) is 13.6. The fraction of sp³-hybridized carbons (Fsp3) is 0.308. The van der Waals surface area contributed by atoms with Gasteiger partial charge >= 0.3 is 0 Å². The van der Waals surface area contributed by atoms with Crippen molar-refractivity contribution in [3.8, 4) is 0 Å². The van der Waals surface area contributed by atoms with Crippen molar-refractivity contribution in [3.05, 3.63) is 41.5 Å². The van der Waals surface area contributed by atoms with Crippen LogP contribution in [-0.2, 0) is 4.79 Å². The molecule has 1 unspecified atom stereocenters. The highest BCUT2D eigenvalue weighted by molar-refractivity contribution is 5.83. The fourth-order valence-electron chi connectivity index (χ4n) is 1.65. The quantitative estimate of drug-likeness (QED) is 0.806. The van der Waals surface area contributed by atoms with Gasteiger partial charge in [-0.3, -0.25) is 4.79 Å². The first-order valence-electron chi connectivity index (χ1n) is 5.32. The highest BCUT2D eigenvalue weighted by Gasteiger charge is 2.13. The maximum absolute atomic E-state index is 10.9. The summed E-state index contributed by atoms with van der Waals surface area (Å²) in [5.74, 6) is -0.465. The molecule has 1 aromatic carbocycles. The lowest BCUT2D eigenvalue weighted by Gasteiger charge is -2.13. The molecule has 1 rings (SSSR count). The van der Waals surface area contributed by atoms with Crippen LogP contribution in [0.2, 0.25) is 0 Å². The van der Waals surface area contributed by atoms with E-state index in [2.05, 4.69) is 0 Å². The molecule has 0 heterocycles. The van der Waals surface area contributed by atoms with E-state index in [4.69, 9.17) is 11.5 Å². The predicted octanol–water partition coefficient (Wildman–Crippen LogP) is 1.60. The van der Waals surface area contributed by atoms with Gasteiger partial charge in [0, 0.05) is 0 Å². The number of hydrogen-bond donors (Lipinski definition) is 2. The van der Waals surface area contributed by atoms with E-state index in [9.17, 15) is 4.79 Å². The highest BCUT2D eigenvalue weighted by atomic mass is 16.1. The van der Waals surface area contributed by atoms with Crippen molar-refractivity contribution >= 4 is 11.5 Å². The third kappa shape index (κ3) is 2.94. The summed E-state index contributed by atoms with van der Waals surface area (Å²) < 4.78 is 0. The molecule has 1 amide bonds. The molecule has 0 aromatic heterocycles. The van der Waals surface area contributed by atoms with Crippen LogP contribution in [0.4, 0.5) is 0 Å². The lowest BCUT2D eigenvalue weighted by molar-refractivity contribution is -0.119. The van der Waals surface area contributed by atoms with Crippen molar-refractivity contribution in [3.63, 3.8) is 0 Å². The molecule has 0 spiro atoms. The molecule has 86 valence electrons. The Morgan fingerprint density at radius 3 is 2.56 bits per heavy atom. The second kappa shape index (κ2) is 5.47. The smallest absolute Gasteiger partial charge is 0.234 e. The standard InChI is InChI=1S/C13H18N2O/c1-3-10(8-12(14)13(15)16)11-7-5-4-6-9(11)2/h3-7,12H,8,14H2,1-2H3,(H2,15,16). The summed E-state index contributed by atoms with van der Waals surface area (Å²) in [7, 11) is 0. The van der Waals surface area contributed by atoms with Gasteiger partial charge in [0.2, 0.25) is 5.91 Å². The maximum atomic E-state index is 10.9. The van der Waals surface area contributed by atoms with Crippen LogP contribution in [0.3, 0.4) is 0 Å². The summed E-state index contributed by atoms with van der Waals surface area (Å²) in [6.45, 7) is 3.98. The Hall–Kier alpha value is -1.61. The van der Waals surface area contributed by atoms with Gasteiger partial charge in [0.15, 0.2) is 0 Å². The molecule has 0 aliphatic carbocycles. The van der Waals surface area contributed by atoms with Gasteiger partial charge in [-0.2, -0.15) is 0 Å². The average Bonchev–Trinajstić information content (AvgIpc) is 2.26. The van der Waals surface area contributed by atoms with Gasteiger partial charge in [-0.15, -0.1) is 0 Å². The molecule has 1 aromatic rings. The van der Waals surface area contributed by atoms with E-state index in [1.54, 1.807) is 0 Å². The molecule has 3 nitrogen and oxygen atoms in total.